The van der Waals surface area contributed by atoms with E-state index in [9.17, 15) is 4.79 Å². The Balaban J connectivity index is 1.44. The predicted molar refractivity (Wildman–Crippen MR) is 132 cm³/mol. The largest absolute Gasteiger partial charge is 0.486 e. The Hall–Kier alpha value is -3.23. The minimum Gasteiger partial charge on any atom is -0.486 e. The van der Waals surface area contributed by atoms with Crippen molar-refractivity contribution in [2.24, 2.45) is 0 Å². The van der Waals surface area contributed by atoms with Crippen molar-refractivity contribution in [3.8, 4) is 5.75 Å². The molecule has 0 bridgehead atoms. The molecule has 2 aromatic carbocycles. The van der Waals surface area contributed by atoms with Crippen LogP contribution in [0.15, 0.2) is 82.6 Å². The lowest BCUT2D eigenvalue weighted by molar-refractivity contribution is -0.128. The van der Waals surface area contributed by atoms with Crippen molar-refractivity contribution in [3.05, 3.63) is 95.2 Å². The number of benzene rings is 2. The molecule has 34 heavy (non-hydrogen) atoms. The number of ether oxygens (including phenoxy) is 1. The van der Waals surface area contributed by atoms with Crippen molar-refractivity contribution < 1.29 is 13.9 Å². The predicted octanol–water partition coefficient (Wildman–Crippen LogP) is 5.46. The standard InChI is InChI=1S/C25H25ClN4O3S/c1-18(19-7-4-3-5-8-19)29(2)24(31)17-34-25-28-27-23(30(25)15-22-9-6-14-32-22)16-33-21-12-10-20(26)11-13-21/h3-14,18H,15-17H2,1-2H3/t18-/m1/s1. The molecule has 0 unspecified atom stereocenters. The summed E-state index contributed by atoms with van der Waals surface area (Å²) in [6, 6.07) is 20.8. The average Bonchev–Trinajstić information content (AvgIpc) is 3.52. The molecular weight excluding hydrogens is 472 g/mol. The highest BCUT2D eigenvalue weighted by Crippen LogP contribution is 2.24. The molecule has 176 valence electrons. The van der Waals surface area contributed by atoms with Gasteiger partial charge < -0.3 is 14.1 Å². The van der Waals surface area contributed by atoms with E-state index >= 15 is 0 Å². The first kappa shape index (κ1) is 23.9. The monoisotopic (exact) mass is 496 g/mol. The SMILES string of the molecule is C[C@H](c1ccccc1)N(C)C(=O)CSc1nnc(COc2ccc(Cl)cc2)n1Cc1ccco1. The van der Waals surface area contributed by atoms with E-state index in [1.54, 1.807) is 35.4 Å². The van der Waals surface area contributed by atoms with E-state index in [-0.39, 0.29) is 24.3 Å². The minimum absolute atomic E-state index is 0.00728. The number of halogens is 1. The highest BCUT2D eigenvalue weighted by atomic mass is 35.5. The van der Waals surface area contributed by atoms with Gasteiger partial charge in [-0.1, -0.05) is 53.7 Å². The minimum atomic E-state index is -0.0291. The molecule has 0 aliphatic rings. The lowest BCUT2D eigenvalue weighted by Gasteiger charge is -2.25. The van der Waals surface area contributed by atoms with Crippen LogP contribution in [-0.4, -0.2) is 38.4 Å². The Morgan fingerprint density at radius 3 is 2.59 bits per heavy atom. The molecule has 9 heteroatoms. The molecule has 2 aromatic heterocycles. The maximum absolute atomic E-state index is 12.9. The molecule has 4 aromatic rings. The average molecular weight is 497 g/mol. The fourth-order valence-corrected chi connectivity index (χ4v) is 4.33. The Kier molecular flexibility index (Phi) is 7.92. The van der Waals surface area contributed by atoms with E-state index in [2.05, 4.69) is 10.2 Å². The lowest BCUT2D eigenvalue weighted by atomic mass is 10.1. The number of furan rings is 1. The van der Waals surface area contributed by atoms with Gasteiger partial charge >= 0.3 is 0 Å². The van der Waals surface area contributed by atoms with Crippen LogP contribution in [0.5, 0.6) is 5.75 Å². The summed E-state index contributed by atoms with van der Waals surface area (Å²) in [7, 11) is 1.82. The first-order valence-corrected chi connectivity index (χ1v) is 12.1. The van der Waals surface area contributed by atoms with E-state index in [1.165, 1.54) is 11.8 Å². The van der Waals surface area contributed by atoms with Gasteiger partial charge in [-0.05, 0) is 48.9 Å². The van der Waals surface area contributed by atoms with Gasteiger partial charge in [0.05, 0.1) is 24.6 Å². The zero-order valence-corrected chi connectivity index (χ0v) is 20.5. The third-order valence-electron chi connectivity index (χ3n) is 5.45. The quantitative estimate of drug-likeness (QED) is 0.271. The molecule has 0 fully saturated rings. The van der Waals surface area contributed by atoms with Crippen LogP contribution in [0.2, 0.25) is 5.02 Å². The third-order valence-corrected chi connectivity index (χ3v) is 6.65. The topological polar surface area (TPSA) is 73.4 Å². The number of rotatable bonds is 10. The normalized spacial score (nSPS) is 11.9. The van der Waals surface area contributed by atoms with Gasteiger partial charge in [0.2, 0.25) is 5.91 Å². The second kappa shape index (κ2) is 11.3. The molecule has 7 nitrogen and oxygen atoms in total. The van der Waals surface area contributed by atoms with Crippen molar-refractivity contribution in [2.75, 3.05) is 12.8 Å². The Morgan fingerprint density at radius 1 is 1.12 bits per heavy atom. The van der Waals surface area contributed by atoms with Crippen molar-refractivity contribution in [3.63, 3.8) is 0 Å². The van der Waals surface area contributed by atoms with Crippen LogP contribution < -0.4 is 4.74 Å². The van der Waals surface area contributed by atoms with E-state index in [1.807, 2.05) is 61.0 Å². The second-order valence-corrected chi connectivity index (χ2v) is 9.07. The number of hydrogen-bond acceptors (Lipinski definition) is 6. The molecule has 0 saturated heterocycles. The summed E-state index contributed by atoms with van der Waals surface area (Å²) >= 11 is 7.29. The fourth-order valence-electron chi connectivity index (χ4n) is 3.33. The molecule has 0 N–H and O–H groups in total. The molecular formula is C25H25ClN4O3S. The van der Waals surface area contributed by atoms with Crippen molar-refractivity contribution >= 4 is 29.3 Å². The third kappa shape index (κ3) is 6.01. The zero-order chi connectivity index (χ0) is 23.9. The van der Waals surface area contributed by atoms with Gasteiger partial charge in [0.25, 0.3) is 0 Å². The lowest BCUT2D eigenvalue weighted by Crippen LogP contribution is -2.31. The summed E-state index contributed by atoms with van der Waals surface area (Å²) in [5.74, 6) is 2.32. The molecule has 0 aliphatic heterocycles. The van der Waals surface area contributed by atoms with Crippen LogP contribution in [0.3, 0.4) is 0 Å². The Morgan fingerprint density at radius 2 is 1.88 bits per heavy atom. The molecule has 0 radical (unpaired) electrons. The van der Waals surface area contributed by atoms with Gasteiger partial charge in [0.15, 0.2) is 11.0 Å². The van der Waals surface area contributed by atoms with Crippen LogP contribution in [0.4, 0.5) is 0 Å². The Bertz CT molecular complexity index is 1200. The summed E-state index contributed by atoms with van der Waals surface area (Å²) in [6.45, 7) is 2.67. The first-order valence-electron chi connectivity index (χ1n) is 10.8. The number of amides is 1. The first-order chi connectivity index (χ1) is 16.5. The fraction of sp³-hybridized carbons (Fsp3) is 0.240. The number of carbonyl (C=O) groups is 1. The van der Waals surface area contributed by atoms with E-state index < -0.39 is 0 Å². The van der Waals surface area contributed by atoms with Crippen LogP contribution in [0, 0.1) is 0 Å². The van der Waals surface area contributed by atoms with Crippen LogP contribution in [0.25, 0.3) is 0 Å². The van der Waals surface area contributed by atoms with E-state index in [0.717, 1.165) is 11.3 Å². The number of thioether (sulfide) groups is 1. The number of aromatic nitrogens is 3. The molecule has 0 aliphatic carbocycles. The molecule has 2 heterocycles. The molecule has 0 spiro atoms. The van der Waals surface area contributed by atoms with Gasteiger partial charge in [0.1, 0.15) is 18.1 Å². The maximum atomic E-state index is 12.9. The van der Waals surface area contributed by atoms with Gasteiger partial charge in [-0.2, -0.15) is 0 Å². The van der Waals surface area contributed by atoms with Crippen molar-refractivity contribution in [2.45, 2.75) is 31.3 Å². The highest BCUT2D eigenvalue weighted by Gasteiger charge is 2.20. The van der Waals surface area contributed by atoms with Gasteiger partial charge in [-0.15, -0.1) is 10.2 Å². The summed E-state index contributed by atoms with van der Waals surface area (Å²) < 4.78 is 13.3. The van der Waals surface area contributed by atoms with E-state index in [4.69, 9.17) is 20.8 Å². The smallest absolute Gasteiger partial charge is 0.233 e. The number of carbonyl (C=O) groups excluding carboxylic acids is 1. The summed E-state index contributed by atoms with van der Waals surface area (Å²) in [6.07, 6.45) is 1.62. The molecule has 4 rings (SSSR count). The van der Waals surface area contributed by atoms with Crippen molar-refractivity contribution in [1.82, 2.24) is 19.7 Å². The summed E-state index contributed by atoms with van der Waals surface area (Å²) in [4.78, 5) is 14.6. The molecule has 1 atom stereocenters. The van der Waals surface area contributed by atoms with Crippen LogP contribution in [-0.2, 0) is 17.9 Å². The number of nitrogens with zero attached hydrogens (tertiary/aromatic N) is 4. The van der Waals surface area contributed by atoms with Gasteiger partial charge in [-0.3, -0.25) is 9.36 Å². The maximum Gasteiger partial charge on any atom is 0.233 e. The van der Waals surface area contributed by atoms with Crippen LogP contribution in [0.1, 0.15) is 30.1 Å². The van der Waals surface area contributed by atoms with Gasteiger partial charge in [-0.25, -0.2) is 0 Å². The van der Waals surface area contributed by atoms with Crippen LogP contribution >= 0.6 is 23.4 Å². The number of hydrogen-bond donors (Lipinski definition) is 0. The molecule has 1 amide bonds. The summed E-state index contributed by atoms with van der Waals surface area (Å²) in [5.41, 5.74) is 1.09. The van der Waals surface area contributed by atoms with Gasteiger partial charge in [0, 0.05) is 12.1 Å². The highest BCUT2D eigenvalue weighted by molar-refractivity contribution is 7.99. The Labute approximate surface area is 207 Å². The summed E-state index contributed by atoms with van der Waals surface area (Å²) in [5, 5.41) is 9.90. The van der Waals surface area contributed by atoms with E-state index in [0.29, 0.717) is 28.3 Å². The van der Waals surface area contributed by atoms with Crippen molar-refractivity contribution in [1.29, 1.82) is 0 Å². The second-order valence-electron chi connectivity index (χ2n) is 7.69. The zero-order valence-electron chi connectivity index (χ0n) is 18.9. The molecule has 0 saturated carbocycles.